The molecule has 128 valence electrons. The number of nitrogens with zero attached hydrogens (tertiary/aromatic N) is 1. The Kier molecular flexibility index (Phi) is 7.52. The van der Waals surface area contributed by atoms with Crippen LogP contribution in [0.5, 0.6) is 5.75 Å². The molecule has 1 aliphatic rings. The van der Waals surface area contributed by atoms with E-state index in [0.717, 1.165) is 24.6 Å². The molecule has 2 N–H and O–H groups in total. The third-order valence-corrected chi connectivity index (χ3v) is 4.98. The van der Waals surface area contributed by atoms with E-state index in [2.05, 4.69) is 15.6 Å². The van der Waals surface area contributed by atoms with Crippen LogP contribution >= 0.6 is 11.8 Å². The van der Waals surface area contributed by atoms with Gasteiger partial charge in [0.2, 0.25) is 0 Å². The number of aliphatic imine (C=N–C) groups is 1. The Morgan fingerprint density at radius 2 is 2.26 bits per heavy atom. The van der Waals surface area contributed by atoms with Gasteiger partial charge in [-0.15, -0.1) is 0 Å². The summed E-state index contributed by atoms with van der Waals surface area (Å²) < 4.78 is 19.1. The Balaban J connectivity index is 1.91. The summed E-state index contributed by atoms with van der Waals surface area (Å²) in [6.07, 6.45) is 2.57. The van der Waals surface area contributed by atoms with E-state index in [4.69, 9.17) is 4.74 Å². The summed E-state index contributed by atoms with van der Waals surface area (Å²) in [6.45, 7) is 6.51. The second-order valence-electron chi connectivity index (χ2n) is 5.41. The molecule has 0 saturated carbocycles. The maximum Gasteiger partial charge on any atom is 0.191 e. The van der Waals surface area contributed by atoms with Crippen LogP contribution < -0.4 is 15.4 Å². The lowest BCUT2D eigenvalue weighted by Crippen LogP contribution is -2.40. The van der Waals surface area contributed by atoms with Crippen molar-refractivity contribution in [3.05, 3.63) is 29.6 Å². The first-order chi connectivity index (χ1) is 11.2. The van der Waals surface area contributed by atoms with Crippen LogP contribution in [-0.4, -0.2) is 36.7 Å². The van der Waals surface area contributed by atoms with Crippen molar-refractivity contribution in [2.75, 3.05) is 25.4 Å². The number of ether oxygens (including phenoxy) is 1. The van der Waals surface area contributed by atoms with E-state index in [0.29, 0.717) is 24.2 Å². The molecule has 0 aromatic heterocycles. The second-order valence-corrected chi connectivity index (χ2v) is 6.82. The molecule has 0 radical (unpaired) electrons. The van der Waals surface area contributed by atoms with E-state index in [1.54, 1.807) is 6.07 Å². The van der Waals surface area contributed by atoms with Crippen molar-refractivity contribution in [2.24, 2.45) is 4.99 Å². The minimum absolute atomic E-state index is 0.295. The number of hydrogen-bond donors (Lipinski definition) is 2. The van der Waals surface area contributed by atoms with Crippen molar-refractivity contribution in [1.82, 2.24) is 10.6 Å². The molecule has 0 bridgehead atoms. The molecule has 1 saturated heterocycles. The fourth-order valence-electron chi connectivity index (χ4n) is 2.44. The number of rotatable bonds is 7. The minimum Gasteiger partial charge on any atom is -0.491 e. The number of thioether (sulfide) groups is 1. The molecule has 1 aromatic rings. The van der Waals surface area contributed by atoms with Crippen LogP contribution in [0.1, 0.15) is 32.3 Å². The Labute approximate surface area is 142 Å². The molecule has 0 spiro atoms. The normalized spacial score (nSPS) is 18.0. The highest BCUT2D eigenvalue weighted by Crippen LogP contribution is 2.25. The molecule has 6 heteroatoms. The van der Waals surface area contributed by atoms with Crippen LogP contribution in [-0.2, 0) is 6.54 Å². The lowest BCUT2D eigenvalue weighted by molar-refractivity contribution is 0.321. The van der Waals surface area contributed by atoms with Gasteiger partial charge in [0.25, 0.3) is 0 Å². The van der Waals surface area contributed by atoms with Crippen molar-refractivity contribution in [1.29, 1.82) is 0 Å². The van der Waals surface area contributed by atoms with Crippen LogP contribution in [0, 0.1) is 5.82 Å². The Morgan fingerprint density at radius 1 is 1.39 bits per heavy atom. The molecule has 1 atom stereocenters. The van der Waals surface area contributed by atoms with Gasteiger partial charge in [-0.1, -0.05) is 6.07 Å². The van der Waals surface area contributed by atoms with Gasteiger partial charge >= 0.3 is 0 Å². The van der Waals surface area contributed by atoms with Crippen molar-refractivity contribution in [3.63, 3.8) is 0 Å². The van der Waals surface area contributed by atoms with Gasteiger partial charge in [-0.25, -0.2) is 9.38 Å². The molecular formula is C17H26FN3OS. The van der Waals surface area contributed by atoms with Crippen LogP contribution in [0.15, 0.2) is 23.2 Å². The lowest BCUT2D eigenvalue weighted by atomic mass is 10.2. The number of nitrogens with one attached hydrogen (secondary N) is 2. The zero-order chi connectivity index (χ0) is 16.5. The van der Waals surface area contributed by atoms with Gasteiger partial charge in [0.05, 0.1) is 13.2 Å². The zero-order valence-corrected chi connectivity index (χ0v) is 14.7. The van der Waals surface area contributed by atoms with Crippen LogP contribution in [0.4, 0.5) is 4.39 Å². The first kappa shape index (κ1) is 17.9. The first-order valence-electron chi connectivity index (χ1n) is 8.28. The van der Waals surface area contributed by atoms with Crippen LogP contribution in [0.2, 0.25) is 0 Å². The molecule has 1 fully saturated rings. The van der Waals surface area contributed by atoms with Gasteiger partial charge in [-0.2, -0.15) is 11.8 Å². The summed E-state index contributed by atoms with van der Waals surface area (Å²) >= 11 is 2.02. The third-order valence-electron chi connectivity index (χ3n) is 3.58. The molecule has 1 heterocycles. The number of benzene rings is 1. The largest absolute Gasteiger partial charge is 0.491 e. The van der Waals surface area contributed by atoms with E-state index in [1.807, 2.05) is 31.7 Å². The van der Waals surface area contributed by atoms with Gasteiger partial charge in [0.15, 0.2) is 17.5 Å². The van der Waals surface area contributed by atoms with Crippen LogP contribution in [0.3, 0.4) is 0 Å². The second kappa shape index (κ2) is 9.65. The SMILES string of the molecule is CCNC(=NCc1ccc(OCC)c(F)c1)NCC1CCCS1. The number of halogens is 1. The highest BCUT2D eigenvalue weighted by Gasteiger charge is 2.15. The fourth-order valence-corrected chi connectivity index (χ4v) is 3.64. The highest BCUT2D eigenvalue weighted by molar-refractivity contribution is 8.00. The van der Waals surface area contributed by atoms with Gasteiger partial charge in [0.1, 0.15) is 0 Å². The summed E-state index contributed by atoms with van der Waals surface area (Å²) in [4.78, 5) is 4.54. The topological polar surface area (TPSA) is 45.7 Å². The highest BCUT2D eigenvalue weighted by atomic mass is 32.2. The standard InChI is InChI=1S/C17H26FN3OS/c1-3-19-17(21-12-14-6-5-9-23-14)20-11-13-7-8-16(22-4-2)15(18)10-13/h7-8,10,14H,3-6,9,11-12H2,1-2H3,(H2,19,20,21). The first-order valence-corrected chi connectivity index (χ1v) is 9.32. The maximum absolute atomic E-state index is 13.9. The molecule has 23 heavy (non-hydrogen) atoms. The summed E-state index contributed by atoms with van der Waals surface area (Å²) in [5.41, 5.74) is 0.832. The molecule has 2 rings (SSSR count). The minimum atomic E-state index is -0.333. The van der Waals surface area contributed by atoms with Gasteiger partial charge in [-0.3, -0.25) is 0 Å². The Bertz CT molecular complexity index is 519. The smallest absolute Gasteiger partial charge is 0.191 e. The van der Waals surface area contributed by atoms with Crippen molar-refractivity contribution in [3.8, 4) is 5.75 Å². The number of hydrogen-bond acceptors (Lipinski definition) is 3. The van der Waals surface area contributed by atoms with Crippen molar-refractivity contribution >= 4 is 17.7 Å². The molecule has 1 unspecified atom stereocenters. The summed E-state index contributed by atoms with van der Waals surface area (Å²) in [6, 6.07) is 5.01. The Morgan fingerprint density at radius 3 is 2.91 bits per heavy atom. The van der Waals surface area contributed by atoms with Gasteiger partial charge in [-0.05, 0) is 50.1 Å². The quantitative estimate of drug-likeness (QED) is 0.592. The molecular weight excluding hydrogens is 313 g/mol. The van der Waals surface area contributed by atoms with Gasteiger partial charge < -0.3 is 15.4 Å². The molecule has 0 aliphatic carbocycles. The molecule has 1 aliphatic heterocycles. The van der Waals surface area contributed by atoms with Gasteiger partial charge in [0, 0.05) is 18.3 Å². The predicted molar refractivity (Wildman–Crippen MR) is 95.9 cm³/mol. The monoisotopic (exact) mass is 339 g/mol. The maximum atomic E-state index is 13.9. The molecule has 4 nitrogen and oxygen atoms in total. The van der Waals surface area contributed by atoms with Crippen LogP contribution in [0.25, 0.3) is 0 Å². The van der Waals surface area contributed by atoms with Crippen molar-refractivity contribution in [2.45, 2.75) is 38.5 Å². The number of guanidine groups is 1. The molecule has 0 amide bonds. The average molecular weight is 339 g/mol. The summed E-state index contributed by atoms with van der Waals surface area (Å²) in [7, 11) is 0. The average Bonchev–Trinajstić information content (AvgIpc) is 3.06. The summed E-state index contributed by atoms with van der Waals surface area (Å²) in [5.74, 6) is 2.00. The van der Waals surface area contributed by atoms with E-state index >= 15 is 0 Å². The predicted octanol–water partition coefficient (Wildman–Crippen LogP) is 3.18. The molecule has 1 aromatic carbocycles. The van der Waals surface area contributed by atoms with E-state index < -0.39 is 0 Å². The zero-order valence-electron chi connectivity index (χ0n) is 13.9. The van der Waals surface area contributed by atoms with Crippen molar-refractivity contribution < 1.29 is 9.13 Å². The Hall–Kier alpha value is -1.43. The third kappa shape index (κ3) is 5.94. The van der Waals surface area contributed by atoms with E-state index in [9.17, 15) is 4.39 Å². The van der Waals surface area contributed by atoms with E-state index in [1.165, 1.54) is 24.7 Å². The van der Waals surface area contributed by atoms with E-state index in [-0.39, 0.29) is 5.82 Å². The fraction of sp³-hybridized carbons (Fsp3) is 0.588. The lowest BCUT2D eigenvalue weighted by Gasteiger charge is -2.14. The summed E-state index contributed by atoms with van der Waals surface area (Å²) in [5, 5.41) is 7.28.